The van der Waals surface area contributed by atoms with Gasteiger partial charge in [0.2, 0.25) is 0 Å². The van der Waals surface area contributed by atoms with Gasteiger partial charge in [0.1, 0.15) is 0 Å². The van der Waals surface area contributed by atoms with Crippen LogP contribution in [-0.4, -0.2) is 16.8 Å². The third kappa shape index (κ3) is 3.93. The normalized spacial score (nSPS) is 11.9. The van der Waals surface area contributed by atoms with E-state index in [1.54, 1.807) is 25.6 Å². The molecule has 0 atom stereocenters. The van der Waals surface area contributed by atoms with Gasteiger partial charge in [-0.25, -0.2) is 0 Å². The van der Waals surface area contributed by atoms with Gasteiger partial charge in [0.15, 0.2) is 0 Å². The third-order valence-electron chi connectivity index (χ3n) is 4.77. The molecular weight excluding hydrogens is 352 g/mol. The fourth-order valence-electron chi connectivity index (χ4n) is 3.12. The summed E-state index contributed by atoms with van der Waals surface area (Å²) in [5.41, 5.74) is 2.62. The smallest absolute Gasteiger partial charge is 0.309 e. The number of carbonyl (C=O) groups is 1. The predicted molar refractivity (Wildman–Crippen MR) is 113 cm³/mol. The molecule has 0 aliphatic carbocycles. The predicted octanol–water partition coefficient (Wildman–Crippen LogP) is 5.82. The Morgan fingerprint density at radius 3 is 1.37 bits per heavy atom. The molecule has 0 amide bonds. The van der Waals surface area contributed by atoms with E-state index in [0.717, 1.165) is 16.7 Å². The van der Waals surface area contributed by atoms with Crippen LogP contribution in [-0.2, 0) is 9.54 Å². The van der Waals surface area contributed by atoms with Crippen LogP contribution in [0.15, 0.2) is 91.0 Å². The van der Waals surface area contributed by atoms with Crippen LogP contribution >= 0.6 is 11.8 Å². The van der Waals surface area contributed by atoms with E-state index in [9.17, 15) is 9.90 Å². The summed E-state index contributed by atoms with van der Waals surface area (Å²) in [5, 5.41) is 9.64. The summed E-state index contributed by atoms with van der Waals surface area (Å²) in [4.78, 5) is 11.7. The van der Waals surface area contributed by atoms with Crippen LogP contribution in [0.1, 0.15) is 30.5 Å². The lowest BCUT2D eigenvalue weighted by atomic mass is 9.84. The second-order valence-corrected chi connectivity index (χ2v) is 8.45. The van der Waals surface area contributed by atoms with E-state index in [2.05, 4.69) is 36.4 Å². The Bertz CT molecular complexity index is 777. The van der Waals surface area contributed by atoms with Crippen molar-refractivity contribution in [2.24, 2.45) is 5.41 Å². The van der Waals surface area contributed by atoms with Gasteiger partial charge in [0.25, 0.3) is 0 Å². The minimum absolute atomic E-state index is 0.476. The van der Waals surface area contributed by atoms with Crippen molar-refractivity contribution in [3.63, 3.8) is 0 Å². The molecule has 3 rings (SSSR count). The van der Waals surface area contributed by atoms with Crippen molar-refractivity contribution in [3.8, 4) is 0 Å². The number of aliphatic carboxylic acids is 1. The fraction of sp³-hybridized carbons (Fsp3) is 0.208. The molecule has 3 aromatic carbocycles. The lowest BCUT2D eigenvalue weighted by Gasteiger charge is -2.37. The number of rotatable bonds is 7. The average molecular weight is 377 g/mol. The highest BCUT2D eigenvalue weighted by Gasteiger charge is 2.40. The van der Waals surface area contributed by atoms with Crippen molar-refractivity contribution in [1.29, 1.82) is 0 Å². The largest absolute Gasteiger partial charge is 0.481 e. The SMILES string of the molecule is CC(C)(CSC(c1ccccc1)(c1ccccc1)c1ccccc1)C(=O)O. The van der Waals surface area contributed by atoms with Crippen molar-refractivity contribution in [3.05, 3.63) is 108 Å². The Morgan fingerprint density at radius 1 is 0.741 bits per heavy atom. The van der Waals surface area contributed by atoms with Gasteiger partial charge in [-0.15, -0.1) is 11.8 Å². The highest BCUT2D eigenvalue weighted by Crippen LogP contribution is 2.50. The van der Waals surface area contributed by atoms with Gasteiger partial charge in [0, 0.05) is 5.75 Å². The molecule has 3 heteroatoms. The van der Waals surface area contributed by atoms with E-state index in [1.165, 1.54) is 0 Å². The Balaban J connectivity index is 2.21. The Hall–Kier alpha value is -2.52. The monoisotopic (exact) mass is 376 g/mol. The van der Waals surface area contributed by atoms with Crippen LogP contribution in [0.3, 0.4) is 0 Å². The maximum absolute atomic E-state index is 11.7. The first-order valence-corrected chi connectivity index (χ1v) is 9.99. The van der Waals surface area contributed by atoms with E-state index in [0.29, 0.717) is 5.75 Å². The number of benzene rings is 3. The van der Waals surface area contributed by atoms with Crippen LogP contribution in [0, 0.1) is 5.41 Å². The molecule has 0 aliphatic heterocycles. The summed E-state index contributed by atoms with van der Waals surface area (Å²) in [6, 6.07) is 31.0. The summed E-state index contributed by atoms with van der Waals surface area (Å²) >= 11 is 1.68. The standard InChI is InChI=1S/C24H24O2S/c1-23(2,22(25)26)18-27-24(19-12-6-3-7-13-19,20-14-8-4-9-15-20)21-16-10-5-11-17-21/h3-17H,18H2,1-2H3,(H,25,26). The number of carboxylic acid groups (broad SMARTS) is 1. The molecule has 0 aromatic heterocycles. The quantitative estimate of drug-likeness (QED) is 0.528. The molecule has 0 saturated carbocycles. The molecule has 138 valence electrons. The molecule has 1 N–H and O–H groups in total. The molecule has 3 aromatic rings. The van der Waals surface area contributed by atoms with E-state index >= 15 is 0 Å². The fourth-order valence-corrected chi connectivity index (χ4v) is 4.73. The summed E-state index contributed by atoms with van der Waals surface area (Å²) in [7, 11) is 0. The van der Waals surface area contributed by atoms with E-state index in [4.69, 9.17) is 0 Å². The van der Waals surface area contributed by atoms with Crippen molar-refractivity contribution < 1.29 is 9.90 Å². The maximum Gasteiger partial charge on any atom is 0.309 e. The van der Waals surface area contributed by atoms with E-state index < -0.39 is 16.1 Å². The summed E-state index contributed by atoms with van der Waals surface area (Å²) in [6.45, 7) is 3.57. The van der Waals surface area contributed by atoms with Gasteiger partial charge in [-0.2, -0.15) is 0 Å². The molecule has 0 heterocycles. The third-order valence-corrected chi connectivity index (χ3v) is 6.78. The van der Waals surface area contributed by atoms with E-state index in [-0.39, 0.29) is 0 Å². The summed E-state index contributed by atoms with van der Waals surface area (Å²) in [5.74, 6) is -0.292. The van der Waals surface area contributed by atoms with Gasteiger partial charge < -0.3 is 5.11 Å². The Kier molecular flexibility index (Phi) is 5.71. The number of hydrogen-bond donors (Lipinski definition) is 1. The first-order chi connectivity index (χ1) is 13.0. The van der Waals surface area contributed by atoms with Crippen molar-refractivity contribution in [2.75, 3.05) is 5.75 Å². The zero-order valence-corrected chi connectivity index (χ0v) is 16.4. The van der Waals surface area contributed by atoms with E-state index in [1.807, 2.05) is 54.6 Å². The minimum atomic E-state index is -0.825. The zero-order chi connectivity index (χ0) is 19.3. The van der Waals surface area contributed by atoms with Crippen LogP contribution in [0.4, 0.5) is 0 Å². The van der Waals surface area contributed by atoms with Gasteiger partial charge in [0.05, 0.1) is 10.2 Å². The molecular formula is C24H24O2S. The topological polar surface area (TPSA) is 37.3 Å². The van der Waals surface area contributed by atoms with Crippen molar-refractivity contribution >= 4 is 17.7 Å². The lowest BCUT2D eigenvalue weighted by molar-refractivity contribution is -0.145. The Labute approximate surface area is 165 Å². The molecule has 0 unspecified atom stereocenters. The number of thioether (sulfide) groups is 1. The summed E-state index contributed by atoms with van der Waals surface area (Å²) < 4.78 is -0.476. The second-order valence-electron chi connectivity index (χ2n) is 7.26. The van der Waals surface area contributed by atoms with Gasteiger partial charge in [-0.05, 0) is 30.5 Å². The maximum atomic E-state index is 11.7. The van der Waals surface area contributed by atoms with Gasteiger partial charge in [-0.3, -0.25) is 4.79 Å². The number of carboxylic acids is 1. The van der Waals surface area contributed by atoms with Crippen molar-refractivity contribution in [2.45, 2.75) is 18.6 Å². The molecule has 0 fully saturated rings. The van der Waals surface area contributed by atoms with Crippen LogP contribution < -0.4 is 0 Å². The lowest BCUT2D eigenvalue weighted by Crippen LogP contribution is -2.32. The van der Waals surface area contributed by atoms with Crippen molar-refractivity contribution in [1.82, 2.24) is 0 Å². The average Bonchev–Trinajstić information content (AvgIpc) is 2.71. The molecule has 27 heavy (non-hydrogen) atoms. The zero-order valence-electron chi connectivity index (χ0n) is 15.6. The highest BCUT2D eigenvalue weighted by molar-refractivity contribution is 8.00. The number of hydrogen-bond acceptors (Lipinski definition) is 2. The van der Waals surface area contributed by atoms with Crippen LogP contribution in [0.5, 0.6) is 0 Å². The molecule has 0 aliphatic rings. The molecule has 2 nitrogen and oxygen atoms in total. The minimum Gasteiger partial charge on any atom is -0.481 e. The molecule has 0 radical (unpaired) electrons. The molecule has 0 bridgehead atoms. The second kappa shape index (κ2) is 8.01. The van der Waals surface area contributed by atoms with Gasteiger partial charge in [-0.1, -0.05) is 91.0 Å². The Morgan fingerprint density at radius 2 is 1.07 bits per heavy atom. The summed E-state index contributed by atoms with van der Waals surface area (Å²) in [6.07, 6.45) is 0. The first kappa shape index (κ1) is 19.2. The highest BCUT2D eigenvalue weighted by atomic mass is 32.2. The van der Waals surface area contributed by atoms with Crippen LogP contribution in [0.25, 0.3) is 0 Å². The van der Waals surface area contributed by atoms with Gasteiger partial charge >= 0.3 is 5.97 Å². The molecule has 0 spiro atoms. The first-order valence-electron chi connectivity index (χ1n) is 9.01. The van der Waals surface area contributed by atoms with Crippen LogP contribution in [0.2, 0.25) is 0 Å². The molecule has 0 saturated heterocycles.